The van der Waals surface area contributed by atoms with Gasteiger partial charge in [-0.1, -0.05) is 0 Å². The van der Waals surface area contributed by atoms with Crippen molar-refractivity contribution in [1.82, 2.24) is 0 Å². The number of epoxide rings is 1. The maximum Gasteiger partial charge on any atom is 0.146 e. The molecule has 0 aromatic rings. The van der Waals surface area contributed by atoms with Gasteiger partial charge in [-0.2, -0.15) is 0 Å². The highest BCUT2D eigenvalue weighted by atomic mass is 17.1. The molecule has 1 aliphatic rings. The van der Waals surface area contributed by atoms with Gasteiger partial charge < -0.3 is 9.84 Å². The Balaban J connectivity index is 2.28. The molecule has 0 aromatic heterocycles. The Morgan fingerprint density at radius 2 is 2.33 bits per heavy atom. The third-order valence-corrected chi connectivity index (χ3v) is 1.32. The molecule has 0 saturated carbocycles. The molecule has 1 fully saturated rings. The summed E-state index contributed by atoms with van der Waals surface area (Å²) in [4.78, 5) is 3.96. The summed E-state index contributed by atoms with van der Waals surface area (Å²) in [6.07, 6.45) is -1.37. The lowest BCUT2D eigenvalue weighted by Gasteiger charge is -2.12. The molecular formula is C5H10O4. The van der Waals surface area contributed by atoms with Crippen LogP contribution >= 0.6 is 0 Å². The number of aliphatic hydroxyl groups excluding tert-OH is 1. The van der Waals surface area contributed by atoms with Crippen LogP contribution in [0.15, 0.2) is 0 Å². The Labute approximate surface area is 52.9 Å². The van der Waals surface area contributed by atoms with Crippen molar-refractivity contribution >= 4 is 0 Å². The first kappa shape index (κ1) is 6.95. The molecule has 0 amide bonds. The molecule has 0 aliphatic carbocycles. The Morgan fingerprint density at radius 3 is 2.44 bits per heavy atom. The van der Waals surface area contributed by atoms with Gasteiger partial charge in [0.25, 0.3) is 0 Å². The zero-order chi connectivity index (χ0) is 6.85. The van der Waals surface area contributed by atoms with E-state index in [2.05, 4.69) is 4.89 Å². The van der Waals surface area contributed by atoms with E-state index in [1.54, 1.807) is 6.92 Å². The summed E-state index contributed by atoms with van der Waals surface area (Å²) in [6, 6.07) is 0. The van der Waals surface area contributed by atoms with Gasteiger partial charge in [0.05, 0.1) is 12.7 Å². The quantitative estimate of drug-likeness (QED) is 0.314. The van der Waals surface area contributed by atoms with Crippen molar-refractivity contribution in [2.24, 2.45) is 0 Å². The lowest BCUT2D eigenvalue weighted by molar-refractivity contribution is -0.298. The van der Waals surface area contributed by atoms with Crippen LogP contribution in [0.4, 0.5) is 0 Å². The van der Waals surface area contributed by atoms with Crippen molar-refractivity contribution in [1.29, 1.82) is 0 Å². The molecule has 0 unspecified atom stereocenters. The summed E-state index contributed by atoms with van der Waals surface area (Å²) >= 11 is 0. The molecule has 4 heteroatoms. The van der Waals surface area contributed by atoms with Crippen LogP contribution < -0.4 is 0 Å². The van der Waals surface area contributed by atoms with Crippen molar-refractivity contribution in [3.05, 3.63) is 0 Å². The zero-order valence-corrected chi connectivity index (χ0v) is 5.15. The van der Waals surface area contributed by atoms with E-state index in [9.17, 15) is 0 Å². The molecule has 54 valence electrons. The first-order chi connectivity index (χ1) is 4.25. The Morgan fingerprint density at radius 1 is 1.78 bits per heavy atom. The Hall–Kier alpha value is -0.160. The van der Waals surface area contributed by atoms with Crippen molar-refractivity contribution < 1.29 is 20.0 Å². The average Bonchev–Trinajstić information content (AvgIpc) is 2.50. The number of ether oxygens (including phenoxy) is 1. The molecule has 1 saturated heterocycles. The summed E-state index contributed by atoms with van der Waals surface area (Å²) in [5, 5.41) is 17.0. The molecule has 2 N–H and O–H groups in total. The molecule has 1 rings (SSSR count). The van der Waals surface area contributed by atoms with Crippen LogP contribution in [-0.2, 0) is 9.62 Å². The van der Waals surface area contributed by atoms with E-state index in [1.165, 1.54) is 0 Å². The second-order valence-electron chi connectivity index (χ2n) is 2.18. The predicted octanol–water partition coefficient (Wildman–Crippen LogP) is -0.376. The van der Waals surface area contributed by atoms with Gasteiger partial charge in [0.15, 0.2) is 0 Å². The van der Waals surface area contributed by atoms with E-state index in [4.69, 9.17) is 15.1 Å². The predicted molar refractivity (Wildman–Crippen MR) is 28.9 cm³/mol. The highest BCUT2D eigenvalue weighted by molar-refractivity contribution is 4.82. The fraction of sp³-hybridized carbons (Fsp3) is 1.00. The molecule has 0 bridgehead atoms. The number of aliphatic hydroxyl groups is 1. The largest absolute Gasteiger partial charge is 0.390 e. The van der Waals surface area contributed by atoms with Gasteiger partial charge in [-0.05, 0) is 6.92 Å². The highest BCUT2D eigenvalue weighted by Crippen LogP contribution is 2.18. The number of hydrogen-bond acceptors (Lipinski definition) is 4. The fourth-order valence-corrected chi connectivity index (χ4v) is 0.712. The second-order valence-corrected chi connectivity index (χ2v) is 2.18. The van der Waals surface area contributed by atoms with E-state index >= 15 is 0 Å². The van der Waals surface area contributed by atoms with E-state index in [0.717, 1.165) is 0 Å². The molecule has 0 spiro atoms. The van der Waals surface area contributed by atoms with Crippen LogP contribution in [0.5, 0.6) is 0 Å². The molecule has 9 heavy (non-hydrogen) atoms. The van der Waals surface area contributed by atoms with Crippen LogP contribution in [-0.4, -0.2) is 35.3 Å². The van der Waals surface area contributed by atoms with Crippen molar-refractivity contribution in [2.75, 3.05) is 6.61 Å². The van der Waals surface area contributed by atoms with Gasteiger partial charge in [-0.15, -0.1) is 0 Å². The fourth-order valence-electron chi connectivity index (χ4n) is 0.712. The lowest BCUT2D eigenvalue weighted by atomic mass is 10.2. The van der Waals surface area contributed by atoms with Crippen LogP contribution in [0.2, 0.25) is 0 Å². The van der Waals surface area contributed by atoms with Gasteiger partial charge >= 0.3 is 0 Å². The van der Waals surface area contributed by atoms with E-state index in [-0.39, 0.29) is 6.10 Å². The van der Waals surface area contributed by atoms with Gasteiger partial charge in [-0.3, -0.25) is 5.26 Å². The molecule has 3 atom stereocenters. The number of hydrogen-bond donors (Lipinski definition) is 2. The maximum atomic E-state index is 8.86. The summed E-state index contributed by atoms with van der Waals surface area (Å²) < 4.78 is 4.78. The first-order valence-electron chi connectivity index (χ1n) is 2.85. The monoisotopic (exact) mass is 134 g/mol. The molecular weight excluding hydrogens is 124 g/mol. The third kappa shape index (κ3) is 1.62. The summed E-state index contributed by atoms with van der Waals surface area (Å²) in [5.74, 6) is 0. The Bertz CT molecular complexity index is 87.0. The van der Waals surface area contributed by atoms with Gasteiger partial charge in [-0.25, -0.2) is 4.89 Å². The van der Waals surface area contributed by atoms with E-state index in [0.29, 0.717) is 6.61 Å². The zero-order valence-electron chi connectivity index (χ0n) is 5.15. The lowest BCUT2D eigenvalue weighted by Crippen LogP contribution is -2.30. The van der Waals surface area contributed by atoms with Gasteiger partial charge in [0.1, 0.15) is 12.2 Å². The van der Waals surface area contributed by atoms with E-state index in [1.807, 2.05) is 0 Å². The first-order valence-corrected chi connectivity index (χ1v) is 2.85. The molecule has 0 aromatic carbocycles. The van der Waals surface area contributed by atoms with E-state index < -0.39 is 12.2 Å². The van der Waals surface area contributed by atoms with Crippen LogP contribution in [0.3, 0.4) is 0 Å². The number of rotatable bonds is 3. The van der Waals surface area contributed by atoms with Crippen LogP contribution in [0, 0.1) is 0 Å². The standard InChI is InChI=1S/C5H10O4/c1-3(6)5(9-7)4-2-8-4/h3-7H,2H2,1H3/t3-,4-,5+/m0/s1. The van der Waals surface area contributed by atoms with Crippen molar-refractivity contribution in [3.63, 3.8) is 0 Å². The highest BCUT2D eigenvalue weighted by Gasteiger charge is 2.37. The molecule has 1 aliphatic heterocycles. The smallest absolute Gasteiger partial charge is 0.146 e. The molecule has 1 heterocycles. The molecule has 0 radical (unpaired) electrons. The topological polar surface area (TPSA) is 62.2 Å². The van der Waals surface area contributed by atoms with Crippen LogP contribution in [0.25, 0.3) is 0 Å². The average molecular weight is 134 g/mol. The maximum absolute atomic E-state index is 8.86. The van der Waals surface area contributed by atoms with Gasteiger partial charge in [0.2, 0.25) is 0 Å². The van der Waals surface area contributed by atoms with Crippen molar-refractivity contribution in [2.45, 2.75) is 25.2 Å². The normalized spacial score (nSPS) is 31.7. The third-order valence-electron chi connectivity index (χ3n) is 1.32. The minimum Gasteiger partial charge on any atom is -0.390 e. The minimum absolute atomic E-state index is 0.116. The Kier molecular flexibility index (Phi) is 2.02. The van der Waals surface area contributed by atoms with Crippen molar-refractivity contribution in [3.8, 4) is 0 Å². The van der Waals surface area contributed by atoms with Crippen LogP contribution in [0.1, 0.15) is 6.92 Å². The minimum atomic E-state index is -0.678. The second kappa shape index (κ2) is 2.62. The van der Waals surface area contributed by atoms with Gasteiger partial charge in [0, 0.05) is 0 Å². The summed E-state index contributed by atoms with van der Waals surface area (Å²) in [5.41, 5.74) is 0. The summed E-state index contributed by atoms with van der Waals surface area (Å²) in [7, 11) is 0. The summed E-state index contributed by atoms with van der Waals surface area (Å²) in [6.45, 7) is 2.11. The molecule has 4 nitrogen and oxygen atoms in total. The SMILES string of the molecule is C[C@H](O)[C@@H](OO)[C@@H]1CO1.